The standard InChI is InChI=1S/C24H31N3O/c28-24(19-26-14-11-22(12-15-26)21-9-5-2-6-10-21)25-23-13-16-27(18-23)17-20-7-3-1-4-8-20/h1-10,22-23H,11-19H2,(H,25,28). The molecule has 2 aromatic rings. The lowest BCUT2D eigenvalue weighted by Crippen LogP contribution is -2.45. The van der Waals surface area contributed by atoms with Crippen LogP contribution >= 0.6 is 0 Å². The second-order valence-corrected chi connectivity index (χ2v) is 8.23. The van der Waals surface area contributed by atoms with Gasteiger partial charge in [0, 0.05) is 25.7 Å². The molecule has 1 atom stereocenters. The third kappa shape index (κ3) is 5.21. The molecule has 2 aromatic carbocycles. The number of piperidine rings is 1. The zero-order valence-electron chi connectivity index (χ0n) is 16.6. The van der Waals surface area contributed by atoms with Gasteiger partial charge in [0.25, 0.3) is 0 Å². The Morgan fingerprint density at radius 3 is 2.21 bits per heavy atom. The van der Waals surface area contributed by atoms with Gasteiger partial charge >= 0.3 is 0 Å². The summed E-state index contributed by atoms with van der Waals surface area (Å²) in [7, 11) is 0. The summed E-state index contributed by atoms with van der Waals surface area (Å²) >= 11 is 0. The number of hydrogen-bond donors (Lipinski definition) is 1. The lowest BCUT2D eigenvalue weighted by atomic mass is 9.89. The summed E-state index contributed by atoms with van der Waals surface area (Å²) in [5.74, 6) is 0.826. The maximum atomic E-state index is 12.5. The van der Waals surface area contributed by atoms with Crippen LogP contribution in [0.5, 0.6) is 0 Å². The van der Waals surface area contributed by atoms with Crippen LogP contribution in [-0.2, 0) is 11.3 Å². The Labute approximate surface area is 168 Å². The maximum Gasteiger partial charge on any atom is 0.234 e. The number of nitrogens with zero attached hydrogens (tertiary/aromatic N) is 2. The fourth-order valence-electron chi connectivity index (χ4n) is 4.56. The molecule has 4 rings (SSSR count). The molecule has 4 nitrogen and oxygen atoms in total. The van der Waals surface area contributed by atoms with Crippen molar-refractivity contribution in [1.82, 2.24) is 15.1 Å². The van der Waals surface area contributed by atoms with Gasteiger partial charge in [-0.2, -0.15) is 0 Å². The summed E-state index contributed by atoms with van der Waals surface area (Å²) in [5, 5.41) is 3.26. The van der Waals surface area contributed by atoms with Crippen LogP contribution in [0, 0.1) is 0 Å². The summed E-state index contributed by atoms with van der Waals surface area (Å²) in [6, 6.07) is 21.6. The van der Waals surface area contributed by atoms with Gasteiger partial charge in [-0.15, -0.1) is 0 Å². The van der Waals surface area contributed by atoms with Crippen molar-refractivity contribution in [3.63, 3.8) is 0 Å². The number of carbonyl (C=O) groups is 1. The number of benzene rings is 2. The average Bonchev–Trinajstić information content (AvgIpc) is 3.16. The minimum absolute atomic E-state index is 0.185. The van der Waals surface area contributed by atoms with Crippen molar-refractivity contribution >= 4 is 5.91 Å². The molecular formula is C24H31N3O. The zero-order valence-corrected chi connectivity index (χ0v) is 16.6. The normalized spacial score (nSPS) is 21.6. The van der Waals surface area contributed by atoms with Crippen LogP contribution < -0.4 is 5.32 Å². The zero-order chi connectivity index (χ0) is 19.2. The van der Waals surface area contributed by atoms with E-state index in [0.29, 0.717) is 12.5 Å². The van der Waals surface area contributed by atoms with E-state index in [1.54, 1.807) is 0 Å². The largest absolute Gasteiger partial charge is 0.351 e. The third-order valence-electron chi connectivity index (χ3n) is 6.11. The van der Waals surface area contributed by atoms with Crippen molar-refractivity contribution in [1.29, 1.82) is 0 Å². The van der Waals surface area contributed by atoms with Crippen molar-refractivity contribution in [2.24, 2.45) is 0 Å². The quantitative estimate of drug-likeness (QED) is 0.839. The fraction of sp³-hybridized carbons (Fsp3) is 0.458. The van der Waals surface area contributed by atoms with Crippen LogP contribution in [0.1, 0.15) is 36.3 Å². The number of hydrogen-bond acceptors (Lipinski definition) is 3. The number of likely N-dealkylation sites (tertiary alicyclic amines) is 2. The van der Waals surface area contributed by atoms with E-state index in [1.807, 2.05) is 0 Å². The minimum Gasteiger partial charge on any atom is -0.351 e. The fourth-order valence-corrected chi connectivity index (χ4v) is 4.56. The number of carbonyl (C=O) groups excluding carboxylic acids is 1. The molecule has 28 heavy (non-hydrogen) atoms. The molecule has 2 aliphatic heterocycles. The van der Waals surface area contributed by atoms with E-state index >= 15 is 0 Å². The van der Waals surface area contributed by atoms with Gasteiger partial charge in [-0.3, -0.25) is 14.6 Å². The SMILES string of the molecule is O=C(CN1CCC(c2ccccc2)CC1)NC1CCN(Cc2ccccc2)C1. The van der Waals surface area contributed by atoms with E-state index in [0.717, 1.165) is 52.0 Å². The number of rotatable bonds is 6. The van der Waals surface area contributed by atoms with E-state index in [-0.39, 0.29) is 11.9 Å². The summed E-state index contributed by atoms with van der Waals surface area (Å²) in [6.45, 7) is 5.55. The molecule has 1 N–H and O–H groups in total. The molecule has 0 saturated carbocycles. The highest BCUT2D eigenvalue weighted by atomic mass is 16.2. The highest BCUT2D eigenvalue weighted by Crippen LogP contribution is 2.27. The Hall–Kier alpha value is -2.17. The van der Waals surface area contributed by atoms with Crippen molar-refractivity contribution < 1.29 is 4.79 Å². The van der Waals surface area contributed by atoms with E-state index in [2.05, 4.69) is 75.8 Å². The molecule has 0 bridgehead atoms. The van der Waals surface area contributed by atoms with E-state index < -0.39 is 0 Å². The molecule has 0 aromatic heterocycles. The second kappa shape index (κ2) is 9.35. The first-order valence-corrected chi connectivity index (χ1v) is 10.6. The Morgan fingerprint density at radius 1 is 0.857 bits per heavy atom. The van der Waals surface area contributed by atoms with Gasteiger partial charge in [0.15, 0.2) is 0 Å². The summed E-state index contributed by atoms with van der Waals surface area (Å²) < 4.78 is 0. The predicted octanol–water partition coefficient (Wildman–Crippen LogP) is 3.26. The van der Waals surface area contributed by atoms with E-state index in [4.69, 9.17) is 0 Å². The molecule has 2 fully saturated rings. The van der Waals surface area contributed by atoms with Gasteiger partial charge in [0.2, 0.25) is 5.91 Å². The van der Waals surface area contributed by atoms with Crippen LogP contribution in [0.3, 0.4) is 0 Å². The molecule has 0 aliphatic carbocycles. The van der Waals surface area contributed by atoms with E-state index in [1.165, 1.54) is 11.1 Å². The lowest BCUT2D eigenvalue weighted by Gasteiger charge is -2.32. The summed E-state index contributed by atoms with van der Waals surface area (Å²) in [5.41, 5.74) is 2.78. The predicted molar refractivity (Wildman–Crippen MR) is 113 cm³/mol. The Morgan fingerprint density at radius 2 is 1.50 bits per heavy atom. The highest BCUT2D eigenvalue weighted by molar-refractivity contribution is 5.78. The van der Waals surface area contributed by atoms with Crippen molar-refractivity contribution in [3.05, 3.63) is 71.8 Å². The van der Waals surface area contributed by atoms with Crippen molar-refractivity contribution in [3.8, 4) is 0 Å². The van der Waals surface area contributed by atoms with Crippen LogP contribution in [-0.4, -0.2) is 54.5 Å². The molecule has 2 heterocycles. The van der Waals surface area contributed by atoms with Gasteiger partial charge in [-0.25, -0.2) is 0 Å². The van der Waals surface area contributed by atoms with Crippen molar-refractivity contribution in [2.45, 2.75) is 37.8 Å². The van der Waals surface area contributed by atoms with Gasteiger partial charge in [-0.1, -0.05) is 60.7 Å². The van der Waals surface area contributed by atoms with Gasteiger partial charge < -0.3 is 5.32 Å². The molecular weight excluding hydrogens is 346 g/mol. The average molecular weight is 378 g/mol. The van der Waals surface area contributed by atoms with Gasteiger partial charge in [0.1, 0.15) is 0 Å². The summed E-state index contributed by atoms with van der Waals surface area (Å²) in [4.78, 5) is 17.3. The first-order chi connectivity index (χ1) is 13.8. The first-order valence-electron chi connectivity index (χ1n) is 10.6. The van der Waals surface area contributed by atoms with Crippen molar-refractivity contribution in [2.75, 3.05) is 32.7 Å². The van der Waals surface area contributed by atoms with Crippen LogP contribution in [0.25, 0.3) is 0 Å². The molecule has 0 radical (unpaired) electrons. The molecule has 148 valence electrons. The lowest BCUT2D eigenvalue weighted by molar-refractivity contribution is -0.123. The van der Waals surface area contributed by atoms with E-state index in [9.17, 15) is 4.79 Å². The number of amides is 1. The monoisotopic (exact) mass is 377 g/mol. The minimum atomic E-state index is 0.185. The first kappa shape index (κ1) is 19.2. The Bertz CT molecular complexity index is 735. The third-order valence-corrected chi connectivity index (χ3v) is 6.11. The van der Waals surface area contributed by atoms with Gasteiger partial charge in [-0.05, 0) is 49.4 Å². The smallest absolute Gasteiger partial charge is 0.234 e. The molecule has 0 spiro atoms. The topological polar surface area (TPSA) is 35.6 Å². The van der Waals surface area contributed by atoms with Crippen LogP contribution in [0.15, 0.2) is 60.7 Å². The number of nitrogens with one attached hydrogen (secondary N) is 1. The summed E-state index contributed by atoms with van der Waals surface area (Å²) in [6.07, 6.45) is 3.34. The Kier molecular flexibility index (Phi) is 6.40. The highest BCUT2D eigenvalue weighted by Gasteiger charge is 2.26. The Balaban J connectivity index is 1.17. The van der Waals surface area contributed by atoms with Crippen LogP contribution in [0.4, 0.5) is 0 Å². The van der Waals surface area contributed by atoms with Crippen LogP contribution in [0.2, 0.25) is 0 Å². The molecule has 1 amide bonds. The molecule has 1 unspecified atom stereocenters. The maximum absolute atomic E-state index is 12.5. The second-order valence-electron chi connectivity index (χ2n) is 8.23. The van der Waals surface area contributed by atoms with Gasteiger partial charge in [0.05, 0.1) is 6.54 Å². The molecule has 4 heteroatoms. The molecule has 2 saturated heterocycles. The molecule has 2 aliphatic rings.